The van der Waals surface area contributed by atoms with Gasteiger partial charge in [0.1, 0.15) is 0 Å². The van der Waals surface area contributed by atoms with Crippen molar-refractivity contribution in [2.75, 3.05) is 6.54 Å². The average Bonchev–Trinajstić information content (AvgIpc) is 3.03. The SMILES string of the molecule is O=C(NCC1CCCC(O)C1)c1cn[nH]c1-c1ccc(Cl)cc1. The van der Waals surface area contributed by atoms with Crippen molar-refractivity contribution in [1.29, 1.82) is 0 Å². The van der Waals surface area contributed by atoms with E-state index >= 15 is 0 Å². The third kappa shape index (κ3) is 3.92. The zero-order chi connectivity index (χ0) is 16.2. The molecule has 23 heavy (non-hydrogen) atoms. The molecule has 1 aromatic carbocycles. The number of benzene rings is 1. The van der Waals surface area contributed by atoms with E-state index in [-0.39, 0.29) is 12.0 Å². The minimum absolute atomic E-state index is 0.149. The van der Waals surface area contributed by atoms with Crippen molar-refractivity contribution in [3.05, 3.63) is 41.0 Å². The molecule has 3 N–H and O–H groups in total. The Morgan fingerprint density at radius 1 is 1.35 bits per heavy atom. The van der Waals surface area contributed by atoms with Crippen molar-refractivity contribution in [3.63, 3.8) is 0 Å². The second-order valence-corrected chi connectivity index (χ2v) is 6.50. The second-order valence-electron chi connectivity index (χ2n) is 6.06. The molecule has 2 atom stereocenters. The van der Waals surface area contributed by atoms with E-state index in [2.05, 4.69) is 15.5 Å². The molecule has 3 rings (SSSR count). The maximum Gasteiger partial charge on any atom is 0.255 e. The van der Waals surface area contributed by atoms with Crippen molar-refractivity contribution in [3.8, 4) is 11.3 Å². The molecule has 1 fully saturated rings. The average molecular weight is 334 g/mol. The lowest BCUT2D eigenvalue weighted by atomic mass is 9.87. The molecule has 2 aromatic rings. The third-order valence-electron chi connectivity index (χ3n) is 4.32. The lowest BCUT2D eigenvalue weighted by Crippen LogP contribution is -2.33. The lowest BCUT2D eigenvalue weighted by Gasteiger charge is -2.25. The van der Waals surface area contributed by atoms with Gasteiger partial charge in [-0.05, 0) is 37.3 Å². The van der Waals surface area contributed by atoms with Gasteiger partial charge in [0.25, 0.3) is 5.91 Å². The Kier molecular flexibility index (Phi) is 4.98. The summed E-state index contributed by atoms with van der Waals surface area (Å²) in [4.78, 5) is 12.4. The van der Waals surface area contributed by atoms with Gasteiger partial charge in [0, 0.05) is 17.1 Å². The highest BCUT2D eigenvalue weighted by atomic mass is 35.5. The summed E-state index contributed by atoms with van der Waals surface area (Å²) in [7, 11) is 0. The van der Waals surface area contributed by atoms with Crippen molar-refractivity contribution in [1.82, 2.24) is 15.5 Å². The van der Waals surface area contributed by atoms with Crippen molar-refractivity contribution in [2.24, 2.45) is 5.92 Å². The quantitative estimate of drug-likeness (QED) is 0.804. The number of aliphatic hydroxyl groups excluding tert-OH is 1. The summed E-state index contributed by atoms with van der Waals surface area (Å²) in [5.74, 6) is 0.192. The summed E-state index contributed by atoms with van der Waals surface area (Å²) in [6.07, 6.45) is 5.00. The molecule has 0 bridgehead atoms. The van der Waals surface area contributed by atoms with Gasteiger partial charge in [0.05, 0.1) is 23.6 Å². The van der Waals surface area contributed by atoms with Crippen LogP contribution in [0.3, 0.4) is 0 Å². The van der Waals surface area contributed by atoms with Crippen LogP contribution in [0.5, 0.6) is 0 Å². The molecule has 5 nitrogen and oxygen atoms in total. The monoisotopic (exact) mass is 333 g/mol. The molecule has 1 amide bonds. The largest absolute Gasteiger partial charge is 0.393 e. The molecule has 2 unspecified atom stereocenters. The molecular weight excluding hydrogens is 314 g/mol. The number of nitrogens with one attached hydrogen (secondary N) is 2. The molecule has 1 aliphatic rings. The van der Waals surface area contributed by atoms with Gasteiger partial charge in [0.2, 0.25) is 0 Å². The second kappa shape index (κ2) is 7.15. The van der Waals surface area contributed by atoms with E-state index in [0.717, 1.165) is 31.2 Å². The van der Waals surface area contributed by atoms with Gasteiger partial charge in [-0.3, -0.25) is 9.89 Å². The summed E-state index contributed by atoms with van der Waals surface area (Å²) in [6, 6.07) is 7.26. The smallest absolute Gasteiger partial charge is 0.255 e. The maximum absolute atomic E-state index is 12.4. The number of aliphatic hydroxyl groups is 1. The van der Waals surface area contributed by atoms with E-state index in [9.17, 15) is 9.90 Å². The van der Waals surface area contributed by atoms with E-state index in [1.165, 1.54) is 6.20 Å². The molecule has 1 heterocycles. The number of carbonyl (C=O) groups excluding carboxylic acids is 1. The number of hydrogen-bond acceptors (Lipinski definition) is 3. The van der Waals surface area contributed by atoms with Crippen LogP contribution >= 0.6 is 11.6 Å². The van der Waals surface area contributed by atoms with Crippen LogP contribution in [0.15, 0.2) is 30.5 Å². The minimum Gasteiger partial charge on any atom is -0.393 e. The van der Waals surface area contributed by atoms with Gasteiger partial charge in [-0.25, -0.2) is 0 Å². The summed E-state index contributed by atoms with van der Waals surface area (Å²) in [5.41, 5.74) is 2.07. The molecule has 1 saturated carbocycles. The van der Waals surface area contributed by atoms with E-state index in [4.69, 9.17) is 11.6 Å². The zero-order valence-electron chi connectivity index (χ0n) is 12.8. The van der Waals surface area contributed by atoms with Crippen LogP contribution in [-0.2, 0) is 0 Å². The van der Waals surface area contributed by atoms with Crippen LogP contribution in [0, 0.1) is 5.92 Å². The Morgan fingerprint density at radius 3 is 2.87 bits per heavy atom. The Labute approximate surface area is 140 Å². The first-order valence-corrected chi connectivity index (χ1v) is 8.27. The number of carbonyl (C=O) groups is 1. The Balaban J connectivity index is 1.66. The summed E-state index contributed by atoms with van der Waals surface area (Å²) in [5, 5.41) is 20.2. The summed E-state index contributed by atoms with van der Waals surface area (Å²) < 4.78 is 0. The standard InChI is InChI=1S/C17H20ClN3O2/c18-13-6-4-12(5-7-13)16-15(10-20-21-16)17(23)19-9-11-2-1-3-14(22)8-11/h4-7,10-11,14,22H,1-3,8-9H2,(H,19,23)(H,20,21). The van der Waals surface area contributed by atoms with Crippen molar-refractivity contribution in [2.45, 2.75) is 31.8 Å². The van der Waals surface area contributed by atoms with Gasteiger partial charge in [-0.15, -0.1) is 0 Å². The molecular formula is C17H20ClN3O2. The van der Waals surface area contributed by atoms with E-state index in [1.54, 1.807) is 12.1 Å². The van der Waals surface area contributed by atoms with Crippen LogP contribution in [-0.4, -0.2) is 33.9 Å². The first-order valence-electron chi connectivity index (χ1n) is 7.89. The van der Waals surface area contributed by atoms with Crippen LogP contribution in [0.25, 0.3) is 11.3 Å². The fourth-order valence-corrected chi connectivity index (χ4v) is 3.20. The normalized spacial score (nSPS) is 21.1. The van der Waals surface area contributed by atoms with Gasteiger partial charge < -0.3 is 10.4 Å². The number of nitrogens with zero attached hydrogens (tertiary/aromatic N) is 1. The summed E-state index contributed by atoms with van der Waals surface area (Å²) in [6.45, 7) is 0.584. The topological polar surface area (TPSA) is 78.0 Å². The van der Waals surface area contributed by atoms with Gasteiger partial charge in [0.15, 0.2) is 0 Å². The van der Waals surface area contributed by atoms with Crippen LogP contribution in [0.2, 0.25) is 5.02 Å². The highest BCUT2D eigenvalue weighted by molar-refractivity contribution is 6.30. The number of aromatic amines is 1. The van der Waals surface area contributed by atoms with E-state index < -0.39 is 0 Å². The Hall–Kier alpha value is -1.85. The number of halogens is 1. The first kappa shape index (κ1) is 16.0. The minimum atomic E-state index is -0.232. The van der Waals surface area contributed by atoms with E-state index in [1.807, 2.05) is 12.1 Å². The number of H-pyrrole nitrogens is 1. The number of amides is 1. The molecule has 0 spiro atoms. The number of rotatable bonds is 4. The lowest BCUT2D eigenvalue weighted by molar-refractivity contribution is 0.0874. The number of hydrogen-bond donors (Lipinski definition) is 3. The Bertz CT molecular complexity index is 669. The fraction of sp³-hybridized carbons (Fsp3) is 0.412. The predicted molar refractivity (Wildman–Crippen MR) is 89.3 cm³/mol. The molecule has 122 valence electrons. The van der Waals surface area contributed by atoms with Crippen LogP contribution in [0.4, 0.5) is 0 Å². The molecule has 0 aliphatic heterocycles. The Morgan fingerprint density at radius 2 is 2.13 bits per heavy atom. The molecule has 1 aromatic heterocycles. The van der Waals surface area contributed by atoms with Gasteiger partial charge in [-0.2, -0.15) is 5.10 Å². The first-order chi connectivity index (χ1) is 11.1. The van der Waals surface area contributed by atoms with E-state index in [0.29, 0.717) is 28.7 Å². The molecule has 0 saturated heterocycles. The van der Waals surface area contributed by atoms with Gasteiger partial charge in [-0.1, -0.05) is 30.2 Å². The summed E-state index contributed by atoms with van der Waals surface area (Å²) >= 11 is 5.90. The highest BCUT2D eigenvalue weighted by Crippen LogP contribution is 2.25. The molecule has 0 radical (unpaired) electrons. The van der Waals surface area contributed by atoms with Crippen LogP contribution < -0.4 is 5.32 Å². The van der Waals surface area contributed by atoms with Crippen molar-refractivity contribution < 1.29 is 9.90 Å². The van der Waals surface area contributed by atoms with Gasteiger partial charge >= 0.3 is 0 Å². The molecule has 1 aliphatic carbocycles. The predicted octanol–water partition coefficient (Wildman–Crippen LogP) is 3.01. The maximum atomic E-state index is 12.4. The fourth-order valence-electron chi connectivity index (χ4n) is 3.08. The zero-order valence-corrected chi connectivity index (χ0v) is 13.5. The highest BCUT2D eigenvalue weighted by Gasteiger charge is 2.22. The molecule has 6 heteroatoms. The third-order valence-corrected chi connectivity index (χ3v) is 4.58. The number of aromatic nitrogens is 2. The van der Waals surface area contributed by atoms with Crippen LogP contribution in [0.1, 0.15) is 36.0 Å². The van der Waals surface area contributed by atoms with Crippen molar-refractivity contribution >= 4 is 17.5 Å².